The molecule has 0 aliphatic heterocycles. The molecule has 0 heterocycles. The highest BCUT2D eigenvalue weighted by Crippen LogP contribution is 2.30. The Kier molecular flexibility index (Phi) is 82.1. The third-order valence-electron chi connectivity index (χ3n) is 10.1. The zero-order chi connectivity index (χ0) is 67.4. The molecule has 0 bridgehead atoms. The third kappa shape index (κ3) is 53.9. The summed E-state index contributed by atoms with van der Waals surface area (Å²) in [7, 11) is 0. The van der Waals surface area contributed by atoms with Gasteiger partial charge in [0.2, 0.25) is 0 Å². The first-order valence-corrected chi connectivity index (χ1v) is 33.2. The van der Waals surface area contributed by atoms with Gasteiger partial charge in [0, 0.05) is 0 Å². The Morgan fingerprint density at radius 1 is 0.200 bits per heavy atom. The Bertz CT molecular complexity index is 2290. The minimum atomic E-state index is 1.23. The van der Waals surface area contributed by atoms with E-state index in [1.165, 1.54) is 108 Å². The van der Waals surface area contributed by atoms with Gasteiger partial charge in [0.15, 0.2) is 0 Å². The van der Waals surface area contributed by atoms with Crippen molar-refractivity contribution < 1.29 is 0 Å². The quantitative estimate of drug-likeness (QED) is 0.154. The zero-order valence-corrected chi connectivity index (χ0v) is 61.8. The molecule has 8 aromatic carbocycles. The molecular weight excluding hydrogens is 1020 g/mol. The molecule has 0 aliphatic carbocycles. The van der Waals surface area contributed by atoms with Crippen LogP contribution in [0.3, 0.4) is 0 Å². The Balaban J connectivity index is -0.000000153. The summed E-state index contributed by atoms with van der Waals surface area (Å²) in [5, 5.41) is 0. The summed E-state index contributed by atoms with van der Waals surface area (Å²) < 4.78 is 0. The maximum Gasteiger partial charge on any atom is -0.0152 e. The van der Waals surface area contributed by atoms with Crippen LogP contribution in [-0.2, 0) is 0 Å². The lowest BCUT2D eigenvalue weighted by molar-refractivity contribution is 1.09. The topological polar surface area (TPSA) is 0 Å². The molecule has 0 amide bonds. The van der Waals surface area contributed by atoms with Crippen LogP contribution < -0.4 is 0 Å². The van der Waals surface area contributed by atoms with Gasteiger partial charge in [-0.1, -0.05) is 411 Å². The maximum atomic E-state index is 2.28. The minimum absolute atomic E-state index is 1.23. The van der Waals surface area contributed by atoms with E-state index in [9.17, 15) is 0 Å². The van der Waals surface area contributed by atoms with Crippen LogP contribution in [0.25, 0.3) is 34.4 Å². The van der Waals surface area contributed by atoms with Crippen LogP contribution in [0, 0.1) is 69.2 Å². The van der Waals surface area contributed by atoms with Gasteiger partial charge in [-0.05, 0) is 125 Å². The van der Waals surface area contributed by atoms with Crippen molar-refractivity contribution in [2.24, 2.45) is 0 Å². The van der Waals surface area contributed by atoms with Crippen LogP contribution in [0.1, 0.15) is 238 Å². The predicted molar refractivity (Wildman–Crippen MR) is 405 cm³/mol. The molecule has 0 aliphatic rings. The fourth-order valence-electron chi connectivity index (χ4n) is 6.75. The van der Waals surface area contributed by atoms with Gasteiger partial charge in [0.05, 0.1) is 0 Å². The Labute approximate surface area is 533 Å². The van der Waals surface area contributed by atoms with Gasteiger partial charge in [-0.2, -0.15) is 0 Å². The van der Waals surface area contributed by atoms with Gasteiger partial charge in [-0.25, -0.2) is 0 Å². The Hall–Kier alpha value is -6.50. The Morgan fingerprint density at radius 2 is 0.365 bits per heavy atom. The van der Waals surface area contributed by atoms with Crippen LogP contribution in [0.5, 0.6) is 0 Å². The van der Waals surface area contributed by atoms with Gasteiger partial charge in [0.1, 0.15) is 0 Å². The number of aryl methyl sites for hydroxylation is 10. The molecule has 0 saturated carbocycles. The second-order valence-electron chi connectivity index (χ2n) is 17.9. The monoisotopic (exact) mass is 1160 g/mol. The summed E-state index contributed by atoms with van der Waals surface area (Å²) in [5.74, 6) is 0. The molecule has 8 rings (SSSR count). The van der Waals surface area contributed by atoms with Crippen LogP contribution in [-0.4, -0.2) is 0 Å². The van der Waals surface area contributed by atoms with Gasteiger partial charge >= 0.3 is 0 Å². The Morgan fingerprint density at radius 3 is 0.506 bits per heavy atom. The summed E-state index contributed by atoms with van der Waals surface area (Å²) in [4.78, 5) is 0. The van der Waals surface area contributed by atoms with E-state index in [1.54, 1.807) is 0 Å². The van der Waals surface area contributed by atoms with E-state index in [-0.39, 0.29) is 0 Å². The van der Waals surface area contributed by atoms with Crippen LogP contribution in [0.2, 0.25) is 0 Å². The molecule has 0 spiro atoms. The summed E-state index contributed by atoms with van der Waals surface area (Å²) >= 11 is 0. The fraction of sp³-hybridized carbons (Fsp3) is 0.412. The van der Waals surface area contributed by atoms with Crippen LogP contribution in [0.4, 0.5) is 0 Å². The average molecular weight is 1160 g/mol. The predicted octanol–water partition coefficient (Wildman–Crippen LogP) is 29.5. The van der Waals surface area contributed by atoms with E-state index >= 15 is 0 Å². The molecule has 8 aromatic rings. The van der Waals surface area contributed by atoms with Crippen molar-refractivity contribution in [3.05, 3.63) is 261 Å². The van der Waals surface area contributed by atoms with E-state index in [2.05, 4.69) is 244 Å². The lowest BCUT2D eigenvalue weighted by Gasteiger charge is -2.12. The summed E-state index contributed by atoms with van der Waals surface area (Å²) in [6.07, 6.45) is 8.18. The molecule has 0 nitrogen and oxygen atoms in total. The van der Waals surface area contributed by atoms with E-state index < -0.39 is 0 Å². The van der Waals surface area contributed by atoms with E-state index in [1.807, 2.05) is 184 Å². The van der Waals surface area contributed by atoms with E-state index in [0.29, 0.717) is 0 Å². The van der Waals surface area contributed by atoms with Gasteiger partial charge in [0.25, 0.3) is 0 Å². The van der Waals surface area contributed by atoms with E-state index in [0.717, 1.165) is 0 Å². The number of benzene rings is 8. The highest BCUT2D eigenvalue weighted by molar-refractivity contribution is 5.78. The normalized spacial score (nSPS) is 8.33. The lowest BCUT2D eigenvalue weighted by atomic mass is 9.93. The van der Waals surface area contributed by atoms with Crippen molar-refractivity contribution in [3.63, 3.8) is 0 Å². The molecule has 476 valence electrons. The third-order valence-corrected chi connectivity index (χ3v) is 10.1. The summed E-state index contributed by atoms with van der Waals surface area (Å²) in [5.41, 5.74) is 20.9. The second-order valence-corrected chi connectivity index (χ2v) is 17.9. The van der Waals surface area contributed by atoms with Gasteiger partial charge in [-0.3, -0.25) is 0 Å². The zero-order valence-electron chi connectivity index (χ0n) is 61.8. The largest absolute Gasteiger partial charge is 0.0683 e. The molecule has 0 radical (unpaired) electrons. The van der Waals surface area contributed by atoms with Crippen molar-refractivity contribution in [3.8, 4) is 22.3 Å². The number of rotatable bonds is 4. The summed E-state index contributed by atoms with van der Waals surface area (Å²) in [6.45, 7) is 66.2. The molecule has 0 heteroatoms. The standard InChI is InChI=1S/C32H32.4C7H8.3C3H8.8C2H6/c1-21-7-13-29(23(3)17-21)31-15-11-27(19-25(31)5)9-10-28-12-16-32(26(6)20-28)30-14-8-22(2)18-24(30)4;4*1-7-5-3-2-4-6-7;3*1-3-2;8*1-2/h7-20H,1-6H3;4*2-6H,1H3;3*3H2,1-2H3;8*1-2H3/b10-9+;;;;;;;;;;;;;;;. The van der Waals surface area contributed by atoms with Crippen molar-refractivity contribution in [1.82, 2.24) is 0 Å². The van der Waals surface area contributed by atoms with E-state index in [4.69, 9.17) is 0 Å². The molecule has 0 atom stereocenters. The molecular formula is C85H136. The molecule has 0 N–H and O–H groups in total. The summed E-state index contributed by atoms with van der Waals surface area (Å²) in [6, 6.07) is 67.9. The average Bonchev–Trinajstić information content (AvgIpc) is 3.61. The molecule has 0 saturated heterocycles. The molecule has 0 aromatic heterocycles. The smallest absolute Gasteiger partial charge is 0.0152 e. The van der Waals surface area contributed by atoms with Gasteiger partial charge in [-0.15, -0.1) is 0 Å². The lowest BCUT2D eigenvalue weighted by Crippen LogP contribution is -1.89. The first kappa shape index (κ1) is 94.9. The number of hydrogen-bond donors (Lipinski definition) is 0. The highest BCUT2D eigenvalue weighted by Gasteiger charge is 2.07. The first-order chi connectivity index (χ1) is 41.1. The van der Waals surface area contributed by atoms with Crippen LogP contribution in [0.15, 0.2) is 194 Å². The molecule has 85 heavy (non-hydrogen) atoms. The van der Waals surface area contributed by atoms with Crippen molar-refractivity contribution in [1.29, 1.82) is 0 Å². The van der Waals surface area contributed by atoms with Crippen molar-refractivity contribution in [2.45, 2.75) is 241 Å². The minimum Gasteiger partial charge on any atom is -0.0683 e. The number of hydrogen-bond acceptors (Lipinski definition) is 0. The first-order valence-electron chi connectivity index (χ1n) is 33.2. The second kappa shape index (κ2) is 73.6. The highest BCUT2D eigenvalue weighted by atomic mass is 14.1. The molecule has 0 unspecified atom stereocenters. The SMILES string of the molecule is CC.CC.CC.CC.CC.CC.CC.CC.CCC.CCC.CCC.Cc1ccc(-c2ccc(/C=C/c3ccc(-c4ccc(C)cc4C)c(C)c3)cc2C)c(C)c1.Cc1ccccc1.Cc1ccccc1.Cc1ccccc1.Cc1ccccc1. The fourth-order valence-corrected chi connectivity index (χ4v) is 6.75. The van der Waals surface area contributed by atoms with Gasteiger partial charge < -0.3 is 0 Å². The van der Waals surface area contributed by atoms with Crippen molar-refractivity contribution >= 4 is 12.2 Å². The molecule has 0 fully saturated rings. The van der Waals surface area contributed by atoms with Crippen molar-refractivity contribution in [2.75, 3.05) is 0 Å². The van der Waals surface area contributed by atoms with Crippen LogP contribution >= 0.6 is 0 Å². The maximum absolute atomic E-state index is 2.28.